The number of rotatable bonds is 5. The van der Waals surface area contributed by atoms with Crippen molar-refractivity contribution in [2.24, 2.45) is 5.41 Å². The van der Waals surface area contributed by atoms with Gasteiger partial charge in [-0.05, 0) is 32.9 Å². The van der Waals surface area contributed by atoms with E-state index in [9.17, 15) is 40.5 Å². The van der Waals surface area contributed by atoms with Crippen molar-refractivity contribution in [2.45, 2.75) is 39.0 Å². The highest BCUT2D eigenvalue weighted by Gasteiger charge is 2.82. The van der Waals surface area contributed by atoms with E-state index < -0.39 is 36.4 Å². The Morgan fingerprint density at radius 1 is 0.826 bits per heavy atom. The minimum atomic E-state index is -3.78. The molecule has 0 N–H and O–H groups in total. The van der Waals surface area contributed by atoms with Gasteiger partial charge in [-0.2, -0.15) is 0 Å². The lowest BCUT2D eigenvalue weighted by Gasteiger charge is -2.33. The van der Waals surface area contributed by atoms with Crippen LogP contribution < -0.4 is 0 Å². The van der Waals surface area contributed by atoms with Crippen LogP contribution in [0.3, 0.4) is 0 Å². The van der Waals surface area contributed by atoms with Crippen LogP contribution in [0.1, 0.15) is 27.7 Å². The second-order valence-corrected chi connectivity index (χ2v) is 5.67. The molecule has 0 aromatic carbocycles. The summed E-state index contributed by atoms with van der Waals surface area (Å²) in [7, 11) is 0. The van der Waals surface area contributed by atoms with Crippen LogP contribution >= 0.6 is 0 Å². The normalized spacial score (nSPS) is 27.7. The summed E-state index contributed by atoms with van der Waals surface area (Å²) in [6.45, 7) is 4.66. The van der Waals surface area contributed by atoms with Gasteiger partial charge in [-0.3, -0.25) is 40.5 Å². The van der Waals surface area contributed by atoms with Gasteiger partial charge in [0.25, 0.3) is 5.54 Å². The molecular weight excluding hydrogens is 316 g/mol. The van der Waals surface area contributed by atoms with Crippen molar-refractivity contribution in [1.82, 2.24) is 0 Å². The predicted octanol–water partition coefficient (Wildman–Crippen LogP) is 1.42. The first-order chi connectivity index (χ1) is 10.3. The Balaban J connectivity index is 3.81. The number of hydrogen-bond donors (Lipinski definition) is 0. The molecule has 0 saturated carbocycles. The van der Waals surface area contributed by atoms with Crippen LogP contribution in [0, 0.1) is 45.9 Å². The Bertz CT molecular complexity index is 623. The Labute approximate surface area is 129 Å². The van der Waals surface area contributed by atoms with Crippen LogP contribution in [0.4, 0.5) is 0 Å². The molecule has 12 nitrogen and oxygen atoms in total. The topological polar surface area (TPSA) is 173 Å². The highest BCUT2D eigenvalue weighted by molar-refractivity contribution is 5.39. The maximum atomic E-state index is 11.3. The van der Waals surface area contributed by atoms with E-state index in [1.165, 1.54) is 20.8 Å². The van der Waals surface area contributed by atoms with Gasteiger partial charge in [0, 0.05) is 23.0 Å². The first-order valence-corrected chi connectivity index (χ1v) is 6.26. The fraction of sp³-hybridized carbons (Fsp3) is 0.636. The average molecular weight is 330 g/mol. The van der Waals surface area contributed by atoms with Crippen molar-refractivity contribution >= 4 is 0 Å². The van der Waals surface area contributed by atoms with E-state index in [0.717, 1.165) is 19.1 Å². The first kappa shape index (κ1) is 18.1. The van der Waals surface area contributed by atoms with E-state index in [2.05, 4.69) is 0 Å². The lowest BCUT2D eigenvalue weighted by Crippen LogP contribution is -2.64. The molecule has 0 heterocycles. The number of nitrogens with zero attached hydrogens (tertiary/aromatic N) is 4. The Morgan fingerprint density at radius 3 is 1.35 bits per heavy atom. The smallest absolute Gasteiger partial charge is 0.263 e. The number of hydrogen-bond acceptors (Lipinski definition) is 8. The minimum absolute atomic E-state index is 0.0556. The van der Waals surface area contributed by atoms with E-state index >= 15 is 0 Å². The molecule has 0 bridgehead atoms. The quantitative estimate of drug-likeness (QED) is 0.315. The fourth-order valence-corrected chi connectivity index (χ4v) is 2.80. The standard InChI is InChI=1S/C11H14N4O8/c1-7-5-9(3,6-8(2)10(7,4)12(16)17)11(13(18)19,14(20)21)15(22)23/h5-6H,1-4H3. The molecule has 0 aromatic rings. The van der Waals surface area contributed by atoms with Gasteiger partial charge in [-0.15, -0.1) is 0 Å². The molecule has 0 radical (unpaired) electrons. The summed E-state index contributed by atoms with van der Waals surface area (Å²) in [6, 6.07) is 0. The molecule has 0 unspecified atom stereocenters. The van der Waals surface area contributed by atoms with E-state index in [1.807, 2.05) is 0 Å². The van der Waals surface area contributed by atoms with Crippen LogP contribution in [0.15, 0.2) is 23.3 Å². The molecule has 0 aliphatic heterocycles. The lowest BCUT2D eigenvalue weighted by molar-refractivity contribution is -0.982. The summed E-state index contributed by atoms with van der Waals surface area (Å²) in [5.74, 6) is -3.78. The molecule has 0 spiro atoms. The largest absolute Gasteiger partial charge is 0.712 e. The summed E-state index contributed by atoms with van der Waals surface area (Å²) < 4.78 is 0. The van der Waals surface area contributed by atoms with Crippen LogP contribution in [0.25, 0.3) is 0 Å². The molecule has 0 aromatic heterocycles. The van der Waals surface area contributed by atoms with Crippen LogP contribution in [0.5, 0.6) is 0 Å². The van der Waals surface area contributed by atoms with E-state index in [4.69, 9.17) is 0 Å². The van der Waals surface area contributed by atoms with Gasteiger partial charge in [0.15, 0.2) is 14.8 Å². The lowest BCUT2D eigenvalue weighted by atomic mass is 9.69. The van der Waals surface area contributed by atoms with E-state index in [1.54, 1.807) is 0 Å². The maximum Gasteiger partial charge on any atom is 0.712 e. The van der Waals surface area contributed by atoms with Crippen molar-refractivity contribution in [3.63, 3.8) is 0 Å². The highest BCUT2D eigenvalue weighted by atomic mass is 16.7. The maximum absolute atomic E-state index is 11.3. The second kappa shape index (κ2) is 5.07. The van der Waals surface area contributed by atoms with Gasteiger partial charge in [0.05, 0.1) is 0 Å². The van der Waals surface area contributed by atoms with Gasteiger partial charge in [0.1, 0.15) is 0 Å². The zero-order valence-electron chi connectivity index (χ0n) is 12.7. The van der Waals surface area contributed by atoms with Gasteiger partial charge in [-0.1, -0.05) is 0 Å². The van der Waals surface area contributed by atoms with Gasteiger partial charge >= 0.3 is 5.79 Å². The Hall–Kier alpha value is -2.92. The molecular formula is C11H14N4O8. The molecule has 0 saturated heterocycles. The third-order valence-electron chi connectivity index (χ3n) is 4.42. The van der Waals surface area contributed by atoms with Crippen LogP contribution in [0.2, 0.25) is 0 Å². The van der Waals surface area contributed by atoms with Crippen molar-refractivity contribution in [2.75, 3.05) is 0 Å². The minimum Gasteiger partial charge on any atom is -0.263 e. The Morgan fingerprint density at radius 2 is 1.13 bits per heavy atom. The second-order valence-electron chi connectivity index (χ2n) is 5.67. The molecule has 0 atom stereocenters. The van der Waals surface area contributed by atoms with E-state index in [0.29, 0.717) is 0 Å². The SMILES string of the molecule is CC1=CC(C)(C([N+](=O)[O-])([N+](=O)[O-])[N+](=O)[O-])C=C(C)C1(C)[N+](=O)[O-]. The van der Waals surface area contributed by atoms with Gasteiger partial charge < -0.3 is 0 Å². The van der Waals surface area contributed by atoms with Gasteiger partial charge in [-0.25, -0.2) is 0 Å². The molecule has 0 amide bonds. The third kappa shape index (κ3) is 2.05. The molecule has 1 aliphatic carbocycles. The number of nitro groups is 4. The summed E-state index contributed by atoms with van der Waals surface area (Å²) in [4.78, 5) is 39.6. The van der Waals surface area contributed by atoms with Crippen molar-refractivity contribution < 1.29 is 19.7 Å². The highest BCUT2D eigenvalue weighted by Crippen LogP contribution is 2.47. The molecule has 1 aliphatic rings. The van der Waals surface area contributed by atoms with Crippen molar-refractivity contribution in [1.29, 1.82) is 0 Å². The molecule has 126 valence electrons. The summed E-state index contributed by atoms with van der Waals surface area (Å²) >= 11 is 0. The first-order valence-electron chi connectivity index (χ1n) is 6.26. The van der Waals surface area contributed by atoms with Crippen molar-refractivity contribution in [3.8, 4) is 0 Å². The van der Waals surface area contributed by atoms with E-state index in [-0.39, 0.29) is 11.1 Å². The fourth-order valence-electron chi connectivity index (χ4n) is 2.80. The van der Waals surface area contributed by atoms with Crippen LogP contribution in [-0.2, 0) is 0 Å². The molecule has 1 rings (SSSR count). The Kier molecular flexibility index (Phi) is 4.00. The molecule has 12 heteroatoms. The zero-order chi connectivity index (χ0) is 18.4. The zero-order valence-corrected chi connectivity index (χ0v) is 12.7. The summed E-state index contributed by atoms with van der Waals surface area (Å²) in [6.07, 6.45) is 1.72. The predicted molar refractivity (Wildman–Crippen MR) is 74.7 cm³/mol. The third-order valence-corrected chi connectivity index (χ3v) is 4.42. The summed E-state index contributed by atoms with van der Waals surface area (Å²) in [5, 5.41) is 45.0. The van der Waals surface area contributed by atoms with Crippen LogP contribution in [-0.4, -0.2) is 31.0 Å². The molecule has 23 heavy (non-hydrogen) atoms. The molecule has 0 fully saturated rings. The summed E-state index contributed by atoms with van der Waals surface area (Å²) in [5.41, 5.74) is -4.14. The van der Waals surface area contributed by atoms with Gasteiger partial charge in [0.2, 0.25) is 5.41 Å². The average Bonchev–Trinajstić information content (AvgIpc) is 2.33. The van der Waals surface area contributed by atoms with Crippen molar-refractivity contribution in [3.05, 3.63) is 63.8 Å². The monoisotopic (exact) mass is 330 g/mol.